The molecule has 0 aliphatic rings. The van der Waals surface area contributed by atoms with Crippen molar-refractivity contribution in [1.29, 1.82) is 0 Å². The quantitative estimate of drug-likeness (QED) is 0.107. The summed E-state index contributed by atoms with van der Waals surface area (Å²) < 4.78 is 0. The number of nitrogens with one attached hydrogen (secondary N) is 4. The highest BCUT2D eigenvalue weighted by molar-refractivity contribution is 5.95. The molecule has 1 aromatic heterocycles. The van der Waals surface area contributed by atoms with Gasteiger partial charge < -0.3 is 42.6 Å². The highest BCUT2D eigenvalue weighted by Gasteiger charge is 2.32. The third-order valence-corrected chi connectivity index (χ3v) is 6.68. The molecule has 0 radical (unpaired) electrons. The number of fused-ring (bicyclic) bond motifs is 1. The van der Waals surface area contributed by atoms with Crippen LogP contribution in [0.25, 0.3) is 10.9 Å². The number of hydrogen-bond acceptors (Lipinski definition) is 7. The predicted octanol–water partition coefficient (Wildman–Crippen LogP) is -0.440. The molecule has 0 bridgehead atoms. The van der Waals surface area contributed by atoms with E-state index in [0.29, 0.717) is 11.1 Å². The zero-order chi connectivity index (χ0) is 31.5. The minimum Gasteiger partial charge on any atom is -0.481 e. The number of hydrogen-bond donors (Lipinski definition) is 8. The second-order valence-corrected chi connectivity index (χ2v) is 9.98. The van der Waals surface area contributed by atoms with Gasteiger partial charge in [-0.15, -0.1) is 0 Å². The van der Waals surface area contributed by atoms with Gasteiger partial charge in [0.2, 0.25) is 23.6 Å². The van der Waals surface area contributed by atoms with Gasteiger partial charge in [-0.05, 0) is 23.6 Å². The van der Waals surface area contributed by atoms with Crippen molar-refractivity contribution in [3.05, 3.63) is 71.9 Å². The Bertz CT molecular complexity index is 1470. The third-order valence-electron chi connectivity index (χ3n) is 6.68. The Balaban J connectivity index is 1.89. The molecular formula is C29H34N6O8. The molecule has 4 amide bonds. The molecule has 0 aliphatic heterocycles. The van der Waals surface area contributed by atoms with Crippen LogP contribution in [0.5, 0.6) is 0 Å². The lowest BCUT2D eigenvalue weighted by atomic mass is 10.0. The van der Waals surface area contributed by atoms with E-state index in [1.165, 1.54) is 0 Å². The number of carbonyl (C=O) groups is 6. The molecule has 14 heteroatoms. The van der Waals surface area contributed by atoms with Crippen molar-refractivity contribution in [2.24, 2.45) is 11.5 Å². The van der Waals surface area contributed by atoms with Crippen LogP contribution in [0.1, 0.15) is 30.4 Å². The summed E-state index contributed by atoms with van der Waals surface area (Å²) in [6, 6.07) is 10.4. The second kappa shape index (κ2) is 15.1. The number of H-pyrrole nitrogens is 1. The van der Waals surface area contributed by atoms with Crippen LogP contribution in [0.15, 0.2) is 60.8 Å². The molecule has 2 aromatic carbocycles. The molecule has 43 heavy (non-hydrogen) atoms. The van der Waals surface area contributed by atoms with Crippen LogP contribution in [-0.2, 0) is 41.6 Å². The summed E-state index contributed by atoms with van der Waals surface area (Å²) in [5.41, 5.74) is 13.2. The van der Waals surface area contributed by atoms with Crippen LogP contribution in [0.4, 0.5) is 0 Å². The third kappa shape index (κ3) is 9.67. The molecule has 4 atom stereocenters. The number of carboxylic acid groups (broad SMARTS) is 2. The van der Waals surface area contributed by atoms with Crippen molar-refractivity contribution in [2.45, 2.75) is 56.3 Å². The first-order valence-corrected chi connectivity index (χ1v) is 13.4. The summed E-state index contributed by atoms with van der Waals surface area (Å²) >= 11 is 0. The fourth-order valence-corrected chi connectivity index (χ4v) is 4.42. The number of amides is 4. The molecule has 3 rings (SSSR count). The van der Waals surface area contributed by atoms with Crippen LogP contribution in [-0.4, -0.2) is 74.9 Å². The normalized spacial score (nSPS) is 13.7. The molecule has 0 aliphatic carbocycles. The monoisotopic (exact) mass is 594 g/mol. The molecule has 3 aromatic rings. The number of primary amides is 1. The number of para-hydroxylation sites is 1. The highest BCUT2D eigenvalue weighted by atomic mass is 16.4. The number of carbonyl (C=O) groups excluding carboxylic acids is 4. The van der Waals surface area contributed by atoms with Gasteiger partial charge >= 0.3 is 11.9 Å². The van der Waals surface area contributed by atoms with E-state index in [1.54, 1.807) is 36.5 Å². The number of aromatic amines is 1. The van der Waals surface area contributed by atoms with Crippen molar-refractivity contribution in [2.75, 3.05) is 0 Å². The van der Waals surface area contributed by atoms with Crippen LogP contribution < -0.4 is 27.4 Å². The SMILES string of the molecule is NC(=O)CCC(N)C(=O)NC(Cc1c[nH]c2ccccc12)C(=O)NC(Cc1ccccc1)C(=O)NC(CC(=O)O)C(=O)O. The van der Waals surface area contributed by atoms with Crippen LogP contribution in [0, 0.1) is 0 Å². The average Bonchev–Trinajstić information content (AvgIpc) is 3.37. The number of carboxylic acids is 2. The topological polar surface area (TPSA) is 247 Å². The van der Waals surface area contributed by atoms with Gasteiger partial charge in [0.1, 0.15) is 18.1 Å². The summed E-state index contributed by atoms with van der Waals surface area (Å²) in [5, 5.41) is 26.6. The van der Waals surface area contributed by atoms with Crippen molar-refractivity contribution in [3.8, 4) is 0 Å². The molecule has 14 nitrogen and oxygen atoms in total. The lowest BCUT2D eigenvalue weighted by molar-refractivity contribution is -0.147. The van der Waals surface area contributed by atoms with E-state index in [1.807, 2.05) is 24.3 Å². The van der Waals surface area contributed by atoms with E-state index in [-0.39, 0.29) is 25.7 Å². The molecule has 0 spiro atoms. The van der Waals surface area contributed by atoms with Gasteiger partial charge in [0.15, 0.2) is 0 Å². The van der Waals surface area contributed by atoms with Gasteiger partial charge in [-0.1, -0.05) is 48.5 Å². The van der Waals surface area contributed by atoms with Gasteiger partial charge in [-0.2, -0.15) is 0 Å². The molecule has 228 valence electrons. The minimum atomic E-state index is -1.75. The Morgan fingerprint density at radius 3 is 1.98 bits per heavy atom. The Morgan fingerprint density at radius 2 is 1.35 bits per heavy atom. The number of aromatic nitrogens is 1. The fourth-order valence-electron chi connectivity index (χ4n) is 4.42. The smallest absolute Gasteiger partial charge is 0.326 e. The first-order valence-electron chi connectivity index (χ1n) is 13.4. The standard InChI is InChI=1S/C29H34N6O8/c30-19(10-11-24(31)36)26(39)33-22(13-17-15-32-20-9-5-4-8-18(17)20)28(41)34-21(12-16-6-2-1-3-7-16)27(40)35-23(29(42)43)14-25(37)38/h1-9,15,19,21-23,32H,10-14,30H2,(H2,31,36)(H,33,39)(H,34,41)(H,35,40)(H,37,38)(H,42,43). The summed E-state index contributed by atoms with van der Waals surface area (Å²) in [5.74, 6) is -6.07. The van der Waals surface area contributed by atoms with E-state index in [2.05, 4.69) is 20.9 Å². The Morgan fingerprint density at radius 1 is 0.767 bits per heavy atom. The van der Waals surface area contributed by atoms with Gasteiger partial charge in [0.25, 0.3) is 0 Å². The molecular weight excluding hydrogens is 560 g/mol. The van der Waals surface area contributed by atoms with Crippen LogP contribution >= 0.6 is 0 Å². The van der Waals surface area contributed by atoms with Gasteiger partial charge in [0, 0.05) is 36.4 Å². The fraction of sp³-hybridized carbons (Fsp3) is 0.310. The van der Waals surface area contributed by atoms with Crippen molar-refractivity contribution >= 4 is 46.5 Å². The second-order valence-electron chi connectivity index (χ2n) is 9.98. The minimum absolute atomic E-state index is 0.0133. The summed E-state index contributed by atoms with van der Waals surface area (Å²) in [6.45, 7) is 0. The lowest BCUT2D eigenvalue weighted by Gasteiger charge is -2.25. The molecule has 10 N–H and O–H groups in total. The van der Waals surface area contributed by atoms with Crippen molar-refractivity contribution < 1.29 is 39.0 Å². The Hall–Kier alpha value is -5.24. The number of nitrogens with two attached hydrogens (primary N) is 2. The molecule has 1 heterocycles. The van der Waals surface area contributed by atoms with Crippen molar-refractivity contribution in [1.82, 2.24) is 20.9 Å². The summed E-state index contributed by atoms with van der Waals surface area (Å²) in [7, 11) is 0. The van der Waals surface area contributed by atoms with Crippen molar-refractivity contribution in [3.63, 3.8) is 0 Å². The van der Waals surface area contributed by atoms with E-state index < -0.39 is 66.2 Å². The maximum absolute atomic E-state index is 13.7. The van der Waals surface area contributed by atoms with Gasteiger partial charge in [0.05, 0.1) is 12.5 Å². The van der Waals surface area contributed by atoms with Gasteiger partial charge in [-0.25, -0.2) is 4.79 Å². The maximum Gasteiger partial charge on any atom is 0.326 e. The predicted molar refractivity (Wildman–Crippen MR) is 154 cm³/mol. The average molecular weight is 595 g/mol. The van der Waals surface area contributed by atoms with Gasteiger partial charge in [-0.3, -0.25) is 24.0 Å². The Labute approximate surface area is 246 Å². The van der Waals surface area contributed by atoms with Crippen LogP contribution in [0.2, 0.25) is 0 Å². The Kier molecular flexibility index (Phi) is 11.3. The highest BCUT2D eigenvalue weighted by Crippen LogP contribution is 2.19. The first-order chi connectivity index (χ1) is 20.4. The summed E-state index contributed by atoms with van der Waals surface area (Å²) in [6.07, 6.45) is 0.525. The first kappa shape index (κ1) is 32.3. The number of rotatable bonds is 16. The zero-order valence-electron chi connectivity index (χ0n) is 23.1. The van der Waals surface area contributed by atoms with E-state index >= 15 is 0 Å². The number of aliphatic carboxylic acids is 2. The summed E-state index contributed by atoms with van der Waals surface area (Å²) in [4.78, 5) is 76.8. The lowest BCUT2D eigenvalue weighted by Crippen LogP contribution is -2.58. The zero-order valence-corrected chi connectivity index (χ0v) is 23.1. The van der Waals surface area contributed by atoms with E-state index in [0.717, 1.165) is 10.9 Å². The largest absolute Gasteiger partial charge is 0.481 e. The van der Waals surface area contributed by atoms with Crippen LogP contribution in [0.3, 0.4) is 0 Å². The maximum atomic E-state index is 13.7. The number of benzene rings is 2. The molecule has 0 fully saturated rings. The molecule has 0 saturated heterocycles. The van der Waals surface area contributed by atoms with E-state index in [4.69, 9.17) is 16.6 Å². The molecule has 4 unspecified atom stereocenters. The molecule has 0 saturated carbocycles. The van der Waals surface area contributed by atoms with E-state index in [9.17, 15) is 33.9 Å².